The van der Waals surface area contributed by atoms with Crippen LogP contribution in [0.1, 0.15) is 0 Å². The van der Waals surface area contributed by atoms with E-state index in [4.69, 9.17) is 0 Å². The van der Waals surface area contributed by atoms with Crippen molar-refractivity contribution in [3.05, 3.63) is 11.5 Å². The summed E-state index contributed by atoms with van der Waals surface area (Å²) in [4.78, 5) is 0. The lowest BCUT2D eigenvalue weighted by molar-refractivity contribution is -0.232. The molecule has 13 heavy (non-hydrogen) atoms. The van der Waals surface area contributed by atoms with E-state index in [0.29, 0.717) is 0 Å². The maximum atomic E-state index is 12.7. The van der Waals surface area contributed by atoms with Crippen LogP contribution in [0.4, 0.5) is 26.3 Å². The van der Waals surface area contributed by atoms with Crippen molar-refractivity contribution in [1.82, 2.24) is 0 Å². The van der Waals surface area contributed by atoms with Crippen LogP contribution < -0.4 is 11.5 Å². The molecular weight excluding hydrogens is 202 g/mol. The Kier molecular flexibility index (Phi) is 1.65. The van der Waals surface area contributed by atoms with Gasteiger partial charge in [0.05, 0.1) is 0 Å². The van der Waals surface area contributed by atoms with Gasteiger partial charge < -0.3 is 5.73 Å². The Morgan fingerprint density at radius 3 is 1.46 bits per heavy atom. The first-order chi connectivity index (χ1) is 5.57. The Morgan fingerprint density at radius 1 is 1.00 bits per heavy atom. The third-order valence-electron chi connectivity index (χ3n) is 1.76. The van der Waals surface area contributed by atoms with E-state index in [1.165, 1.54) is 0 Å². The van der Waals surface area contributed by atoms with Crippen molar-refractivity contribution >= 4 is 0 Å². The molecule has 0 aromatic rings. The first kappa shape index (κ1) is 10.2. The topological polar surface area (TPSA) is 52.0 Å². The maximum absolute atomic E-state index is 12.7. The molecule has 1 atom stereocenters. The lowest BCUT2D eigenvalue weighted by Crippen LogP contribution is -2.58. The molecule has 76 valence electrons. The molecule has 1 aliphatic carbocycles. The van der Waals surface area contributed by atoms with E-state index >= 15 is 0 Å². The highest BCUT2D eigenvalue weighted by atomic mass is 19.3. The molecule has 2 nitrogen and oxygen atoms in total. The molecule has 0 aromatic heterocycles. The van der Waals surface area contributed by atoms with Crippen LogP contribution in [0.2, 0.25) is 0 Å². The van der Waals surface area contributed by atoms with Gasteiger partial charge in [-0.15, -0.1) is 0 Å². The summed E-state index contributed by atoms with van der Waals surface area (Å²) in [6.07, 6.45) is 0. The van der Waals surface area contributed by atoms with Crippen molar-refractivity contribution in [2.75, 3.05) is 0 Å². The number of hydrogen-bond acceptors (Lipinski definition) is 2. The molecule has 1 rings (SSSR count). The van der Waals surface area contributed by atoms with E-state index in [2.05, 4.69) is 11.5 Å². The molecule has 4 N–H and O–H groups in total. The second-order valence-electron chi connectivity index (χ2n) is 2.59. The average Bonchev–Trinajstić information content (AvgIpc) is 2.05. The molecule has 0 saturated carbocycles. The van der Waals surface area contributed by atoms with Crippen molar-refractivity contribution in [1.29, 1.82) is 0 Å². The third-order valence-corrected chi connectivity index (χ3v) is 1.76. The van der Waals surface area contributed by atoms with Gasteiger partial charge in [0.2, 0.25) is 0 Å². The maximum Gasteiger partial charge on any atom is 0.368 e. The lowest BCUT2D eigenvalue weighted by Gasteiger charge is -2.26. The van der Waals surface area contributed by atoms with Crippen molar-refractivity contribution in [3.8, 4) is 0 Å². The summed E-state index contributed by atoms with van der Waals surface area (Å²) in [5.74, 6) is -17.7. The van der Waals surface area contributed by atoms with E-state index in [-0.39, 0.29) is 0 Å². The molecule has 0 aromatic carbocycles. The van der Waals surface area contributed by atoms with E-state index in [0.717, 1.165) is 0 Å². The van der Waals surface area contributed by atoms with Gasteiger partial charge in [0.1, 0.15) is 5.70 Å². The molecule has 8 heteroatoms. The Morgan fingerprint density at radius 2 is 1.38 bits per heavy atom. The fourth-order valence-corrected chi connectivity index (χ4v) is 0.864. The van der Waals surface area contributed by atoms with E-state index in [1.54, 1.807) is 0 Å². The summed E-state index contributed by atoms with van der Waals surface area (Å²) in [5, 5.41) is 0. The predicted molar refractivity (Wildman–Crippen MR) is 30.2 cm³/mol. The molecular formula is C5H4F6N2. The average molecular weight is 206 g/mol. The van der Waals surface area contributed by atoms with Gasteiger partial charge in [-0.2, -0.15) is 17.6 Å². The normalized spacial score (nSPS) is 36.8. The highest BCUT2D eigenvalue weighted by molar-refractivity contribution is 5.36. The second-order valence-corrected chi connectivity index (χ2v) is 2.59. The zero-order chi connectivity index (χ0) is 10.7. The van der Waals surface area contributed by atoms with Crippen LogP contribution in [0, 0.1) is 0 Å². The second kappa shape index (κ2) is 2.11. The van der Waals surface area contributed by atoms with Crippen molar-refractivity contribution < 1.29 is 26.3 Å². The van der Waals surface area contributed by atoms with Crippen molar-refractivity contribution in [2.45, 2.75) is 17.6 Å². The summed E-state index contributed by atoms with van der Waals surface area (Å²) in [6.45, 7) is 0. The fraction of sp³-hybridized carbons (Fsp3) is 0.600. The third kappa shape index (κ3) is 0.835. The summed E-state index contributed by atoms with van der Waals surface area (Å²) < 4.78 is 74.3. The summed E-state index contributed by atoms with van der Waals surface area (Å²) in [5.41, 5.74) is 6.53. The van der Waals surface area contributed by atoms with Crippen LogP contribution in [-0.4, -0.2) is 17.6 Å². The summed E-state index contributed by atoms with van der Waals surface area (Å²) in [6, 6.07) is 0. The van der Waals surface area contributed by atoms with Gasteiger partial charge in [-0.1, -0.05) is 0 Å². The number of allylic oxidation sites excluding steroid dienone is 1. The molecule has 0 fully saturated rings. The molecule has 0 amide bonds. The number of alkyl halides is 5. The van der Waals surface area contributed by atoms with Gasteiger partial charge in [0, 0.05) is 0 Å². The van der Waals surface area contributed by atoms with Gasteiger partial charge in [-0.3, -0.25) is 5.73 Å². The predicted octanol–water partition coefficient (Wildman–Crippen LogP) is 1.03. The smallest absolute Gasteiger partial charge is 0.368 e. The highest BCUT2D eigenvalue weighted by Crippen LogP contribution is 2.54. The van der Waals surface area contributed by atoms with Gasteiger partial charge >= 0.3 is 11.8 Å². The Labute approximate surface area is 68.2 Å². The number of nitrogens with two attached hydrogens (primary N) is 2. The van der Waals surface area contributed by atoms with Gasteiger partial charge in [-0.05, 0) is 0 Å². The molecule has 0 aliphatic heterocycles. The molecule has 0 saturated heterocycles. The van der Waals surface area contributed by atoms with Gasteiger partial charge in [-0.25, -0.2) is 8.78 Å². The van der Waals surface area contributed by atoms with Crippen LogP contribution in [-0.2, 0) is 0 Å². The minimum Gasteiger partial charge on any atom is -0.396 e. The minimum absolute atomic E-state index is 1.97. The summed E-state index contributed by atoms with van der Waals surface area (Å²) >= 11 is 0. The monoisotopic (exact) mass is 206 g/mol. The lowest BCUT2D eigenvalue weighted by atomic mass is 10.1. The molecule has 1 unspecified atom stereocenters. The van der Waals surface area contributed by atoms with Crippen LogP contribution in [0.15, 0.2) is 11.5 Å². The Hall–Kier alpha value is -0.920. The first-order valence-electron chi connectivity index (χ1n) is 2.96. The number of halogens is 6. The number of hydrogen-bond donors (Lipinski definition) is 2. The SMILES string of the molecule is NC1=C(F)C(F)(F)C(F)(F)C1(N)F. The minimum atomic E-state index is -5.37. The Balaban J connectivity index is 3.39. The highest BCUT2D eigenvalue weighted by Gasteiger charge is 2.78. The number of rotatable bonds is 0. The van der Waals surface area contributed by atoms with Crippen LogP contribution in [0.3, 0.4) is 0 Å². The molecule has 1 aliphatic rings. The molecule has 0 radical (unpaired) electrons. The van der Waals surface area contributed by atoms with Crippen LogP contribution in [0.5, 0.6) is 0 Å². The van der Waals surface area contributed by atoms with Crippen LogP contribution >= 0.6 is 0 Å². The first-order valence-corrected chi connectivity index (χ1v) is 2.96. The van der Waals surface area contributed by atoms with E-state index < -0.39 is 29.2 Å². The summed E-state index contributed by atoms with van der Waals surface area (Å²) in [7, 11) is 0. The Bertz CT molecular complexity index is 255. The zero-order valence-corrected chi connectivity index (χ0v) is 5.92. The van der Waals surface area contributed by atoms with Gasteiger partial charge in [0.15, 0.2) is 5.83 Å². The largest absolute Gasteiger partial charge is 0.396 e. The molecule has 0 heterocycles. The quantitative estimate of drug-likeness (QED) is 0.459. The van der Waals surface area contributed by atoms with Crippen molar-refractivity contribution in [3.63, 3.8) is 0 Å². The zero-order valence-electron chi connectivity index (χ0n) is 5.92. The molecule has 0 spiro atoms. The van der Waals surface area contributed by atoms with Crippen molar-refractivity contribution in [2.24, 2.45) is 11.5 Å². The van der Waals surface area contributed by atoms with Gasteiger partial charge in [0.25, 0.3) is 5.79 Å². The molecule has 0 bridgehead atoms. The van der Waals surface area contributed by atoms with E-state index in [1.807, 2.05) is 0 Å². The van der Waals surface area contributed by atoms with Crippen LogP contribution in [0.25, 0.3) is 0 Å². The fourth-order valence-electron chi connectivity index (χ4n) is 0.864. The standard InChI is InChI=1S/C5H4F6N2/c6-1-2(12)4(9,13)5(10,11)3(1,7)8/h12-13H2. The van der Waals surface area contributed by atoms with E-state index in [9.17, 15) is 26.3 Å².